The molecule has 7 heteroatoms. The van der Waals surface area contributed by atoms with Crippen molar-refractivity contribution in [1.29, 1.82) is 0 Å². The average Bonchev–Trinajstić information content (AvgIpc) is 3.11. The number of aliphatic hydroxyl groups excluding tert-OH is 1. The van der Waals surface area contributed by atoms with Crippen LogP contribution in [-0.4, -0.2) is 48.6 Å². The predicted octanol–water partition coefficient (Wildman–Crippen LogP) is -0.798. The number of carbonyl (C=O) groups is 3. The molecule has 0 bridgehead atoms. The Labute approximate surface area is 139 Å². The molecule has 1 aromatic carbocycles. The van der Waals surface area contributed by atoms with Gasteiger partial charge in [-0.3, -0.25) is 19.7 Å². The van der Waals surface area contributed by atoms with Crippen molar-refractivity contribution in [3.8, 4) is 0 Å². The molecule has 1 aromatic rings. The second-order valence-electron chi connectivity index (χ2n) is 6.41. The molecular formula is C17H21N3O4. The van der Waals surface area contributed by atoms with Crippen molar-refractivity contribution in [2.24, 2.45) is 11.8 Å². The van der Waals surface area contributed by atoms with Gasteiger partial charge in [0.2, 0.25) is 11.8 Å². The summed E-state index contributed by atoms with van der Waals surface area (Å²) in [6, 6.07) is 7.03. The zero-order chi connectivity index (χ0) is 17.1. The first-order valence-electron chi connectivity index (χ1n) is 8.12. The van der Waals surface area contributed by atoms with Crippen LogP contribution >= 0.6 is 0 Å². The number of carbonyl (C=O) groups excluding carboxylic acids is 3. The molecule has 3 unspecified atom stereocenters. The number of aliphatic hydroxyl groups is 1. The van der Waals surface area contributed by atoms with Crippen LogP contribution in [0.5, 0.6) is 0 Å². The summed E-state index contributed by atoms with van der Waals surface area (Å²) in [4.78, 5) is 34.9. The van der Waals surface area contributed by atoms with Crippen molar-refractivity contribution in [1.82, 2.24) is 16.0 Å². The van der Waals surface area contributed by atoms with E-state index in [-0.39, 0.29) is 36.0 Å². The molecule has 2 saturated heterocycles. The number of hydrogen-bond donors (Lipinski definition) is 4. The van der Waals surface area contributed by atoms with E-state index in [9.17, 15) is 19.5 Å². The molecule has 4 N–H and O–H groups in total. The maximum absolute atomic E-state index is 12.1. The molecule has 2 aliphatic heterocycles. The first-order valence-corrected chi connectivity index (χ1v) is 8.12. The third-order valence-corrected chi connectivity index (χ3v) is 4.59. The van der Waals surface area contributed by atoms with Crippen LogP contribution in [0.4, 0.5) is 0 Å². The Hall–Kier alpha value is -2.25. The molecular weight excluding hydrogens is 310 g/mol. The van der Waals surface area contributed by atoms with Gasteiger partial charge in [-0.15, -0.1) is 0 Å². The van der Waals surface area contributed by atoms with Gasteiger partial charge in [0.05, 0.1) is 12.0 Å². The molecule has 0 aromatic heterocycles. The summed E-state index contributed by atoms with van der Waals surface area (Å²) in [7, 11) is 0. The number of amides is 3. The molecule has 128 valence electrons. The standard InChI is InChI=1S/C17H21N3O4/c21-14-9-18-7-13(14)8-19-16(23)11-3-1-10(2-4-11)5-12-6-15(22)20-17(12)24/h1-4,12-14,18,21H,5-9H2,(H,19,23)(H,20,22,24). The average molecular weight is 331 g/mol. The molecule has 2 fully saturated rings. The Balaban J connectivity index is 1.53. The number of benzene rings is 1. The van der Waals surface area contributed by atoms with Crippen LogP contribution in [0, 0.1) is 11.8 Å². The quantitative estimate of drug-likeness (QED) is 0.529. The fourth-order valence-electron chi connectivity index (χ4n) is 3.10. The lowest BCUT2D eigenvalue weighted by atomic mass is 9.97. The van der Waals surface area contributed by atoms with Crippen LogP contribution in [0.2, 0.25) is 0 Å². The van der Waals surface area contributed by atoms with Crippen LogP contribution in [-0.2, 0) is 16.0 Å². The van der Waals surface area contributed by atoms with Crippen molar-refractivity contribution < 1.29 is 19.5 Å². The smallest absolute Gasteiger partial charge is 0.251 e. The normalized spacial score (nSPS) is 26.5. The van der Waals surface area contributed by atoms with E-state index >= 15 is 0 Å². The van der Waals surface area contributed by atoms with Crippen LogP contribution in [0.3, 0.4) is 0 Å². The van der Waals surface area contributed by atoms with E-state index in [0.717, 1.165) is 5.56 Å². The monoisotopic (exact) mass is 331 g/mol. The summed E-state index contributed by atoms with van der Waals surface area (Å²) < 4.78 is 0. The van der Waals surface area contributed by atoms with Crippen LogP contribution in [0.25, 0.3) is 0 Å². The zero-order valence-corrected chi connectivity index (χ0v) is 13.2. The lowest BCUT2D eigenvalue weighted by Gasteiger charge is -2.14. The van der Waals surface area contributed by atoms with Crippen molar-refractivity contribution in [2.45, 2.75) is 18.9 Å². The third kappa shape index (κ3) is 3.80. The second kappa shape index (κ2) is 7.11. The molecule has 2 aliphatic rings. The Morgan fingerprint density at radius 3 is 2.54 bits per heavy atom. The molecule has 24 heavy (non-hydrogen) atoms. The van der Waals surface area contributed by atoms with Crippen LogP contribution in [0.15, 0.2) is 24.3 Å². The van der Waals surface area contributed by atoms with E-state index < -0.39 is 6.10 Å². The Morgan fingerprint density at radius 1 is 1.21 bits per heavy atom. The highest BCUT2D eigenvalue weighted by Gasteiger charge is 2.30. The van der Waals surface area contributed by atoms with E-state index in [2.05, 4.69) is 16.0 Å². The molecule has 7 nitrogen and oxygen atoms in total. The highest BCUT2D eigenvalue weighted by Crippen LogP contribution is 2.17. The zero-order valence-electron chi connectivity index (χ0n) is 13.2. The molecule has 3 rings (SSSR count). The first-order chi connectivity index (χ1) is 11.5. The summed E-state index contributed by atoms with van der Waals surface area (Å²) in [5.74, 6) is -0.940. The summed E-state index contributed by atoms with van der Waals surface area (Å²) in [5, 5.41) is 17.9. The van der Waals surface area contributed by atoms with Gasteiger partial charge in [-0.1, -0.05) is 12.1 Å². The van der Waals surface area contributed by atoms with Gasteiger partial charge in [0.25, 0.3) is 5.91 Å². The van der Waals surface area contributed by atoms with E-state index in [0.29, 0.717) is 31.6 Å². The number of nitrogens with one attached hydrogen (secondary N) is 3. The topological polar surface area (TPSA) is 108 Å². The van der Waals surface area contributed by atoms with Crippen molar-refractivity contribution >= 4 is 17.7 Å². The Kier molecular flexibility index (Phi) is 4.92. The highest BCUT2D eigenvalue weighted by molar-refractivity contribution is 6.03. The van der Waals surface area contributed by atoms with E-state index in [1.807, 2.05) is 0 Å². The fraction of sp³-hybridized carbons (Fsp3) is 0.471. The molecule has 3 atom stereocenters. The fourth-order valence-corrected chi connectivity index (χ4v) is 3.10. The number of β-amino-alcohol motifs (C(OH)–C–C–N with tert-alkyl or cyclic N) is 1. The largest absolute Gasteiger partial charge is 0.391 e. The third-order valence-electron chi connectivity index (χ3n) is 4.59. The SMILES string of the molecule is O=C1CC(Cc2ccc(C(=O)NCC3CNCC3O)cc2)C(=O)N1. The second-order valence-corrected chi connectivity index (χ2v) is 6.41. The molecule has 0 saturated carbocycles. The Bertz CT molecular complexity index is 644. The van der Waals surface area contributed by atoms with Gasteiger partial charge < -0.3 is 15.7 Å². The van der Waals surface area contributed by atoms with Gasteiger partial charge in [-0.2, -0.15) is 0 Å². The van der Waals surface area contributed by atoms with E-state index in [4.69, 9.17) is 0 Å². The molecule has 3 amide bonds. The lowest BCUT2D eigenvalue weighted by Crippen LogP contribution is -2.34. The lowest BCUT2D eigenvalue weighted by molar-refractivity contribution is -0.125. The van der Waals surface area contributed by atoms with Gasteiger partial charge in [0.15, 0.2) is 0 Å². The first kappa shape index (κ1) is 16.6. The van der Waals surface area contributed by atoms with E-state index in [1.165, 1.54) is 0 Å². The summed E-state index contributed by atoms with van der Waals surface area (Å²) in [6.45, 7) is 1.69. The predicted molar refractivity (Wildman–Crippen MR) is 86.1 cm³/mol. The van der Waals surface area contributed by atoms with Gasteiger partial charge in [-0.05, 0) is 24.1 Å². The number of rotatable bonds is 5. The number of hydrogen-bond acceptors (Lipinski definition) is 5. The van der Waals surface area contributed by atoms with Crippen LogP contribution < -0.4 is 16.0 Å². The summed E-state index contributed by atoms with van der Waals surface area (Å²) in [5.41, 5.74) is 1.45. The van der Waals surface area contributed by atoms with Gasteiger partial charge in [0.1, 0.15) is 0 Å². The highest BCUT2D eigenvalue weighted by atomic mass is 16.3. The van der Waals surface area contributed by atoms with Crippen molar-refractivity contribution in [2.75, 3.05) is 19.6 Å². The van der Waals surface area contributed by atoms with Gasteiger partial charge >= 0.3 is 0 Å². The maximum Gasteiger partial charge on any atom is 0.251 e. The minimum absolute atomic E-state index is 0.0339. The van der Waals surface area contributed by atoms with Gasteiger partial charge in [-0.25, -0.2) is 0 Å². The minimum atomic E-state index is -0.423. The molecule has 0 aliphatic carbocycles. The van der Waals surface area contributed by atoms with Crippen molar-refractivity contribution in [3.63, 3.8) is 0 Å². The van der Waals surface area contributed by atoms with Crippen molar-refractivity contribution in [3.05, 3.63) is 35.4 Å². The molecule has 0 spiro atoms. The maximum atomic E-state index is 12.1. The summed E-state index contributed by atoms with van der Waals surface area (Å²) >= 11 is 0. The molecule has 2 heterocycles. The van der Waals surface area contributed by atoms with Crippen LogP contribution in [0.1, 0.15) is 22.3 Å². The van der Waals surface area contributed by atoms with E-state index in [1.54, 1.807) is 24.3 Å². The van der Waals surface area contributed by atoms with Gasteiger partial charge in [0, 0.05) is 37.5 Å². The molecule has 0 radical (unpaired) electrons. The Morgan fingerprint density at radius 2 is 1.96 bits per heavy atom. The minimum Gasteiger partial charge on any atom is -0.391 e. The number of imide groups is 1. The summed E-state index contributed by atoms with van der Waals surface area (Å²) in [6.07, 6.45) is 0.283.